The van der Waals surface area contributed by atoms with Crippen LogP contribution in [-0.2, 0) is 6.42 Å². The first-order chi connectivity index (χ1) is 8.84. The Morgan fingerprint density at radius 2 is 1.78 bits per heavy atom. The molecule has 2 atom stereocenters. The highest BCUT2D eigenvalue weighted by Gasteiger charge is 2.28. The minimum Gasteiger partial charge on any atom is -0.392 e. The molecule has 1 aliphatic rings. The first kappa shape index (κ1) is 11.8. The summed E-state index contributed by atoms with van der Waals surface area (Å²) in [5, 5.41) is 10.4. The van der Waals surface area contributed by atoms with Crippen molar-refractivity contribution < 1.29 is 5.11 Å². The number of benzene rings is 2. The van der Waals surface area contributed by atoms with E-state index in [1.807, 2.05) is 30.0 Å². The molecule has 0 bridgehead atoms. The number of aliphatic hydroxyl groups is 1. The van der Waals surface area contributed by atoms with Crippen LogP contribution in [0.25, 0.3) is 0 Å². The van der Waals surface area contributed by atoms with E-state index in [-0.39, 0.29) is 12.0 Å². The van der Waals surface area contributed by atoms with E-state index in [1.54, 1.807) is 0 Å². The van der Waals surface area contributed by atoms with Crippen molar-refractivity contribution >= 4 is 11.8 Å². The molecule has 1 aliphatic heterocycles. The maximum atomic E-state index is 10.4. The molecule has 3 rings (SSSR count). The lowest BCUT2D eigenvalue weighted by atomic mass is 9.91. The molecule has 2 aromatic rings. The van der Waals surface area contributed by atoms with Gasteiger partial charge < -0.3 is 5.11 Å². The van der Waals surface area contributed by atoms with Crippen molar-refractivity contribution in [2.24, 2.45) is 0 Å². The van der Waals surface area contributed by atoms with E-state index in [2.05, 4.69) is 36.4 Å². The van der Waals surface area contributed by atoms with Gasteiger partial charge in [-0.25, -0.2) is 0 Å². The maximum Gasteiger partial charge on any atom is 0.0657 e. The number of aliphatic hydroxyl groups excluding tert-OH is 1. The predicted octanol–water partition coefficient (Wildman–Crippen LogP) is 3.48. The Labute approximate surface area is 112 Å². The summed E-state index contributed by atoms with van der Waals surface area (Å²) in [6.07, 6.45) is 0.448. The van der Waals surface area contributed by atoms with Crippen molar-refractivity contribution in [1.29, 1.82) is 0 Å². The predicted molar refractivity (Wildman–Crippen MR) is 76.1 cm³/mol. The van der Waals surface area contributed by atoms with Gasteiger partial charge in [-0.1, -0.05) is 48.5 Å². The van der Waals surface area contributed by atoms with Gasteiger partial charge in [-0.3, -0.25) is 0 Å². The van der Waals surface area contributed by atoms with Crippen molar-refractivity contribution in [3.05, 3.63) is 65.7 Å². The maximum absolute atomic E-state index is 10.4. The van der Waals surface area contributed by atoms with Crippen LogP contribution in [0.5, 0.6) is 0 Å². The zero-order valence-electron chi connectivity index (χ0n) is 10.1. The number of hydrogen-bond donors (Lipinski definition) is 1. The molecule has 0 spiro atoms. The van der Waals surface area contributed by atoms with Crippen LogP contribution >= 0.6 is 11.8 Å². The zero-order chi connectivity index (χ0) is 12.4. The lowest BCUT2D eigenvalue weighted by molar-refractivity contribution is 0.151. The second-order valence-electron chi connectivity index (χ2n) is 4.71. The Kier molecular flexibility index (Phi) is 3.39. The topological polar surface area (TPSA) is 20.2 Å². The first-order valence-corrected chi connectivity index (χ1v) is 7.27. The Bertz CT molecular complexity index is 524. The fraction of sp³-hybridized carbons (Fsp3) is 0.250. The summed E-state index contributed by atoms with van der Waals surface area (Å²) < 4.78 is 0. The lowest BCUT2D eigenvalue weighted by Gasteiger charge is -2.18. The normalized spacial score (nSPS) is 19.5. The molecular weight excluding hydrogens is 240 g/mol. The van der Waals surface area contributed by atoms with Crippen molar-refractivity contribution in [2.45, 2.75) is 23.3 Å². The molecule has 92 valence electrons. The molecule has 0 fully saturated rings. The quantitative estimate of drug-likeness (QED) is 0.907. The molecule has 2 heteroatoms. The molecule has 2 unspecified atom stereocenters. The van der Waals surface area contributed by atoms with E-state index in [0.29, 0.717) is 0 Å². The van der Waals surface area contributed by atoms with Gasteiger partial charge in [0.25, 0.3) is 0 Å². The van der Waals surface area contributed by atoms with Crippen LogP contribution in [-0.4, -0.2) is 17.0 Å². The van der Waals surface area contributed by atoms with E-state index in [4.69, 9.17) is 0 Å². The van der Waals surface area contributed by atoms with Crippen LogP contribution in [0.1, 0.15) is 17.0 Å². The molecule has 0 amide bonds. The van der Waals surface area contributed by atoms with Gasteiger partial charge in [0.05, 0.1) is 6.10 Å². The molecule has 0 radical (unpaired) electrons. The van der Waals surface area contributed by atoms with Gasteiger partial charge in [-0.05, 0) is 23.6 Å². The Balaban J connectivity index is 1.77. The molecule has 0 aromatic heterocycles. The standard InChI is InChI=1S/C16H16OS/c17-15(10-12-6-2-1-3-7-12)14-11-18-16-9-5-4-8-13(14)16/h1-9,14-15,17H,10-11H2. The van der Waals surface area contributed by atoms with Gasteiger partial charge in [-0.2, -0.15) is 0 Å². The van der Waals surface area contributed by atoms with Gasteiger partial charge in [0, 0.05) is 16.6 Å². The minimum absolute atomic E-state index is 0.270. The monoisotopic (exact) mass is 256 g/mol. The molecule has 1 N–H and O–H groups in total. The summed E-state index contributed by atoms with van der Waals surface area (Å²) in [4.78, 5) is 1.33. The summed E-state index contributed by atoms with van der Waals surface area (Å²) in [5.74, 6) is 1.26. The molecule has 1 nitrogen and oxygen atoms in total. The van der Waals surface area contributed by atoms with E-state index >= 15 is 0 Å². The molecule has 0 saturated carbocycles. The van der Waals surface area contributed by atoms with Crippen LogP contribution in [0, 0.1) is 0 Å². The minimum atomic E-state index is -0.288. The van der Waals surface area contributed by atoms with Crippen molar-refractivity contribution in [1.82, 2.24) is 0 Å². The van der Waals surface area contributed by atoms with Gasteiger partial charge >= 0.3 is 0 Å². The Morgan fingerprint density at radius 1 is 1.06 bits per heavy atom. The number of fused-ring (bicyclic) bond motifs is 1. The van der Waals surface area contributed by atoms with E-state index in [9.17, 15) is 5.11 Å². The Morgan fingerprint density at radius 3 is 2.61 bits per heavy atom. The average Bonchev–Trinajstić information content (AvgIpc) is 2.84. The van der Waals surface area contributed by atoms with E-state index in [0.717, 1.165) is 12.2 Å². The van der Waals surface area contributed by atoms with Crippen LogP contribution in [0.4, 0.5) is 0 Å². The third-order valence-electron chi connectivity index (χ3n) is 3.49. The smallest absolute Gasteiger partial charge is 0.0657 e. The summed E-state index contributed by atoms with van der Waals surface area (Å²) in [7, 11) is 0. The van der Waals surface area contributed by atoms with Gasteiger partial charge in [0.2, 0.25) is 0 Å². The highest BCUT2D eigenvalue weighted by Crippen LogP contribution is 2.41. The van der Waals surface area contributed by atoms with Crippen molar-refractivity contribution in [2.75, 3.05) is 5.75 Å². The van der Waals surface area contributed by atoms with Gasteiger partial charge in [0.15, 0.2) is 0 Å². The Hall–Kier alpha value is -1.25. The molecule has 0 aliphatic carbocycles. The fourth-order valence-corrected chi connectivity index (χ4v) is 3.83. The largest absolute Gasteiger partial charge is 0.392 e. The zero-order valence-corrected chi connectivity index (χ0v) is 10.9. The van der Waals surface area contributed by atoms with Crippen LogP contribution in [0.3, 0.4) is 0 Å². The summed E-state index contributed by atoms with van der Waals surface area (Å²) in [5.41, 5.74) is 2.52. The number of rotatable bonds is 3. The van der Waals surface area contributed by atoms with Crippen LogP contribution in [0.15, 0.2) is 59.5 Å². The highest BCUT2D eigenvalue weighted by molar-refractivity contribution is 7.99. The van der Waals surface area contributed by atoms with Crippen LogP contribution < -0.4 is 0 Å². The molecular formula is C16H16OS. The fourth-order valence-electron chi connectivity index (χ4n) is 2.50. The van der Waals surface area contributed by atoms with E-state index < -0.39 is 0 Å². The number of hydrogen-bond acceptors (Lipinski definition) is 2. The summed E-state index contributed by atoms with van der Waals surface area (Å²) in [6, 6.07) is 18.7. The third kappa shape index (κ3) is 2.31. The van der Waals surface area contributed by atoms with Crippen molar-refractivity contribution in [3.63, 3.8) is 0 Å². The van der Waals surface area contributed by atoms with E-state index in [1.165, 1.54) is 16.0 Å². The SMILES string of the molecule is OC(Cc1ccccc1)C1CSc2ccccc21. The summed E-state index contributed by atoms with van der Waals surface area (Å²) in [6.45, 7) is 0. The number of thioether (sulfide) groups is 1. The molecule has 18 heavy (non-hydrogen) atoms. The highest BCUT2D eigenvalue weighted by atomic mass is 32.2. The van der Waals surface area contributed by atoms with Gasteiger partial charge in [0.1, 0.15) is 0 Å². The van der Waals surface area contributed by atoms with Crippen molar-refractivity contribution in [3.8, 4) is 0 Å². The van der Waals surface area contributed by atoms with Gasteiger partial charge in [-0.15, -0.1) is 11.8 Å². The third-order valence-corrected chi connectivity index (χ3v) is 4.70. The summed E-state index contributed by atoms with van der Waals surface area (Å²) >= 11 is 1.85. The second-order valence-corrected chi connectivity index (χ2v) is 5.77. The molecule has 1 heterocycles. The average molecular weight is 256 g/mol. The lowest BCUT2D eigenvalue weighted by Crippen LogP contribution is -2.21. The molecule has 0 saturated heterocycles. The molecule has 2 aromatic carbocycles. The van der Waals surface area contributed by atoms with Crippen LogP contribution in [0.2, 0.25) is 0 Å². The first-order valence-electron chi connectivity index (χ1n) is 6.28. The second kappa shape index (κ2) is 5.17.